The molecule has 37 heavy (non-hydrogen) atoms. The maximum atomic E-state index is 13.2. The van der Waals surface area contributed by atoms with Gasteiger partial charge in [-0.25, -0.2) is 0 Å². The predicted molar refractivity (Wildman–Crippen MR) is 149 cm³/mol. The highest BCUT2D eigenvalue weighted by Crippen LogP contribution is 2.25. The van der Waals surface area contributed by atoms with Crippen molar-refractivity contribution in [2.24, 2.45) is 5.92 Å². The number of para-hydroxylation sites is 1. The van der Waals surface area contributed by atoms with Crippen molar-refractivity contribution in [3.63, 3.8) is 0 Å². The number of benzene rings is 4. The molecule has 0 aliphatic heterocycles. The Kier molecular flexibility index (Phi) is 8.63. The summed E-state index contributed by atoms with van der Waals surface area (Å²) >= 11 is 0. The van der Waals surface area contributed by atoms with Crippen LogP contribution in [0.4, 0.5) is 0 Å². The minimum absolute atomic E-state index is 0.0488. The van der Waals surface area contributed by atoms with Crippen LogP contribution in [0.3, 0.4) is 0 Å². The fraction of sp³-hybridized carbons (Fsp3) is 0.242. The molecule has 1 N–H and O–H groups in total. The second-order valence-electron chi connectivity index (χ2n) is 9.95. The molecule has 0 aromatic heterocycles. The van der Waals surface area contributed by atoms with Gasteiger partial charge in [-0.05, 0) is 79.8 Å². The van der Waals surface area contributed by atoms with Gasteiger partial charge in [0.1, 0.15) is 23.9 Å². The van der Waals surface area contributed by atoms with Crippen LogP contribution >= 0.6 is 0 Å². The van der Waals surface area contributed by atoms with E-state index in [1.54, 1.807) is 6.07 Å². The van der Waals surface area contributed by atoms with Crippen molar-refractivity contribution in [2.75, 3.05) is 0 Å². The summed E-state index contributed by atoms with van der Waals surface area (Å²) < 4.78 is 11.9. The van der Waals surface area contributed by atoms with Crippen LogP contribution in [0.15, 0.2) is 97.1 Å². The lowest BCUT2D eigenvalue weighted by Crippen LogP contribution is -2.29. The lowest BCUT2D eigenvalue weighted by molar-refractivity contribution is 0.0931. The molecule has 0 fully saturated rings. The molecule has 0 radical (unpaired) electrons. The van der Waals surface area contributed by atoms with Crippen LogP contribution in [0, 0.1) is 19.8 Å². The zero-order valence-corrected chi connectivity index (χ0v) is 22.0. The maximum absolute atomic E-state index is 13.2. The number of hydrogen-bond acceptors (Lipinski definition) is 3. The largest absolute Gasteiger partial charge is 0.489 e. The van der Waals surface area contributed by atoms with Crippen molar-refractivity contribution in [3.8, 4) is 17.2 Å². The third kappa shape index (κ3) is 7.71. The van der Waals surface area contributed by atoms with Crippen molar-refractivity contribution < 1.29 is 14.3 Å². The van der Waals surface area contributed by atoms with E-state index in [4.69, 9.17) is 9.47 Å². The van der Waals surface area contributed by atoms with Gasteiger partial charge in [0.15, 0.2) is 0 Å². The molecule has 0 heterocycles. The molecule has 4 aromatic carbocycles. The summed E-state index contributed by atoms with van der Waals surface area (Å²) in [5, 5.41) is 3.25. The number of hydrogen-bond donors (Lipinski definition) is 1. The molecule has 1 atom stereocenters. The molecule has 0 aliphatic carbocycles. The zero-order chi connectivity index (χ0) is 26.2. The molecule has 1 unspecified atom stereocenters. The van der Waals surface area contributed by atoms with Crippen molar-refractivity contribution in [1.82, 2.24) is 5.32 Å². The van der Waals surface area contributed by atoms with E-state index in [-0.39, 0.29) is 11.9 Å². The molecule has 4 heteroatoms. The number of aryl methyl sites for hydroxylation is 2. The van der Waals surface area contributed by atoms with Crippen molar-refractivity contribution >= 4 is 5.91 Å². The predicted octanol–water partition coefficient (Wildman–Crippen LogP) is 8.19. The Morgan fingerprint density at radius 3 is 2.08 bits per heavy atom. The van der Waals surface area contributed by atoms with Gasteiger partial charge in [-0.1, -0.05) is 79.6 Å². The Balaban J connectivity index is 1.39. The summed E-state index contributed by atoms with van der Waals surface area (Å²) in [6, 6.07) is 31.3. The van der Waals surface area contributed by atoms with Crippen molar-refractivity contribution in [2.45, 2.75) is 46.8 Å². The Hall–Kier alpha value is -4.05. The smallest absolute Gasteiger partial charge is 0.251 e. The van der Waals surface area contributed by atoms with Gasteiger partial charge in [0.05, 0.1) is 6.04 Å². The van der Waals surface area contributed by atoms with E-state index in [1.165, 1.54) is 11.1 Å². The molecule has 190 valence electrons. The monoisotopic (exact) mass is 493 g/mol. The van der Waals surface area contributed by atoms with E-state index in [0.29, 0.717) is 23.8 Å². The SMILES string of the molecule is Cc1cc(C)cc(C(CC(C)C)NC(=O)c2cccc(OCc3ccc(Oc4ccccc4)cc3)c2)c1. The van der Waals surface area contributed by atoms with E-state index < -0.39 is 0 Å². The lowest BCUT2D eigenvalue weighted by atomic mass is 9.94. The van der Waals surface area contributed by atoms with Gasteiger partial charge in [0.2, 0.25) is 0 Å². The van der Waals surface area contributed by atoms with E-state index in [2.05, 4.69) is 51.2 Å². The van der Waals surface area contributed by atoms with Crippen LogP contribution < -0.4 is 14.8 Å². The van der Waals surface area contributed by atoms with Crippen LogP contribution in [0.2, 0.25) is 0 Å². The average molecular weight is 494 g/mol. The summed E-state index contributed by atoms with van der Waals surface area (Å²) in [7, 11) is 0. The van der Waals surface area contributed by atoms with Gasteiger partial charge >= 0.3 is 0 Å². The first kappa shape index (κ1) is 26.0. The number of nitrogens with one attached hydrogen (secondary N) is 1. The molecule has 4 nitrogen and oxygen atoms in total. The molecule has 0 saturated carbocycles. The molecule has 0 aliphatic rings. The molecular weight excluding hydrogens is 458 g/mol. The summed E-state index contributed by atoms with van der Waals surface area (Å²) in [6.07, 6.45) is 0.870. The molecule has 0 bridgehead atoms. The molecular formula is C33H35NO3. The van der Waals surface area contributed by atoms with Gasteiger partial charge in [-0.3, -0.25) is 4.79 Å². The number of carbonyl (C=O) groups excluding carboxylic acids is 1. The fourth-order valence-electron chi connectivity index (χ4n) is 4.37. The Morgan fingerprint density at radius 2 is 1.41 bits per heavy atom. The normalized spacial score (nSPS) is 11.7. The van der Waals surface area contributed by atoms with E-state index in [1.807, 2.05) is 72.8 Å². The highest BCUT2D eigenvalue weighted by Gasteiger charge is 2.18. The third-order valence-corrected chi connectivity index (χ3v) is 6.06. The van der Waals surface area contributed by atoms with Crippen LogP contribution in [-0.4, -0.2) is 5.91 Å². The third-order valence-electron chi connectivity index (χ3n) is 6.06. The molecule has 0 saturated heterocycles. The van der Waals surface area contributed by atoms with Crippen LogP contribution in [0.1, 0.15) is 58.9 Å². The highest BCUT2D eigenvalue weighted by molar-refractivity contribution is 5.94. The number of rotatable bonds is 10. The summed E-state index contributed by atoms with van der Waals surface area (Å²) in [4.78, 5) is 13.2. The molecule has 0 spiro atoms. The quantitative estimate of drug-likeness (QED) is 0.242. The second kappa shape index (κ2) is 12.3. The Labute approximate surface area is 220 Å². The Bertz CT molecular complexity index is 1290. The number of carbonyl (C=O) groups is 1. The van der Waals surface area contributed by atoms with Crippen LogP contribution in [-0.2, 0) is 6.61 Å². The maximum Gasteiger partial charge on any atom is 0.251 e. The minimum Gasteiger partial charge on any atom is -0.489 e. The highest BCUT2D eigenvalue weighted by atomic mass is 16.5. The zero-order valence-electron chi connectivity index (χ0n) is 22.0. The molecule has 1 amide bonds. The summed E-state index contributed by atoms with van der Waals surface area (Å²) in [6.45, 7) is 8.94. The van der Waals surface area contributed by atoms with Gasteiger partial charge in [-0.2, -0.15) is 0 Å². The lowest BCUT2D eigenvalue weighted by Gasteiger charge is -2.22. The average Bonchev–Trinajstić information content (AvgIpc) is 2.88. The Morgan fingerprint density at radius 1 is 0.757 bits per heavy atom. The number of amides is 1. The first-order chi connectivity index (χ1) is 17.9. The van der Waals surface area contributed by atoms with Crippen molar-refractivity contribution in [3.05, 3.63) is 125 Å². The van der Waals surface area contributed by atoms with Crippen LogP contribution in [0.25, 0.3) is 0 Å². The first-order valence-electron chi connectivity index (χ1n) is 12.8. The molecule has 4 aromatic rings. The van der Waals surface area contributed by atoms with Gasteiger partial charge in [0, 0.05) is 5.56 Å². The van der Waals surface area contributed by atoms with E-state index in [0.717, 1.165) is 29.0 Å². The first-order valence-corrected chi connectivity index (χ1v) is 12.8. The topological polar surface area (TPSA) is 47.6 Å². The van der Waals surface area contributed by atoms with Crippen molar-refractivity contribution in [1.29, 1.82) is 0 Å². The van der Waals surface area contributed by atoms with Gasteiger partial charge in [0.25, 0.3) is 5.91 Å². The van der Waals surface area contributed by atoms with Gasteiger partial charge in [-0.15, -0.1) is 0 Å². The fourth-order valence-corrected chi connectivity index (χ4v) is 4.37. The summed E-state index contributed by atoms with van der Waals surface area (Å²) in [5.41, 5.74) is 5.15. The van der Waals surface area contributed by atoms with E-state index >= 15 is 0 Å². The summed E-state index contributed by atoms with van der Waals surface area (Å²) in [5.74, 6) is 2.58. The standard InChI is InChI=1S/C33H35NO3/c1-23(2)17-32(28-19-24(3)18-25(4)20-28)34-33(35)27-9-8-12-31(21-27)36-22-26-13-15-30(16-14-26)37-29-10-6-5-7-11-29/h5-16,18-21,23,32H,17,22H2,1-4H3,(H,34,35). The number of ether oxygens (including phenoxy) is 2. The molecule has 4 rings (SSSR count). The van der Waals surface area contributed by atoms with E-state index in [9.17, 15) is 4.79 Å². The van der Waals surface area contributed by atoms with Gasteiger partial charge < -0.3 is 14.8 Å². The second-order valence-corrected chi connectivity index (χ2v) is 9.95. The van der Waals surface area contributed by atoms with Crippen LogP contribution in [0.5, 0.6) is 17.2 Å². The minimum atomic E-state index is -0.0994.